The summed E-state index contributed by atoms with van der Waals surface area (Å²) in [5.74, 6) is -1.20. The number of sulfonamides is 1. The van der Waals surface area contributed by atoms with Crippen LogP contribution in [0.15, 0.2) is 53.4 Å². The minimum atomic E-state index is -3.82. The normalized spacial score (nSPS) is 18.0. The lowest BCUT2D eigenvalue weighted by Crippen LogP contribution is -2.32. The molecule has 8 heteroatoms. The van der Waals surface area contributed by atoms with Gasteiger partial charge in [0.15, 0.2) is 0 Å². The summed E-state index contributed by atoms with van der Waals surface area (Å²) < 4.78 is 33.0. The number of rotatable bonds is 8. The van der Waals surface area contributed by atoms with Crippen molar-refractivity contribution in [2.75, 3.05) is 18.5 Å². The van der Waals surface area contributed by atoms with Crippen LogP contribution in [0.5, 0.6) is 0 Å². The summed E-state index contributed by atoms with van der Waals surface area (Å²) in [5, 5.41) is 12.7. The van der Waals surface area contributed by atoms with Crippen LogP contribution in [0.2, 0.25) is 0 Å². The van der Waals surface area contributed by atoms with Crippen LogP contribution in [-0.2, 0) is 14.8 Å². The number of carbonyl (C=O) groups is 1. The van der Waals surface area contributed by atoms with Crippen LogP contribution >= 0.6 is 0 Å². The molecular formula is C20H24N2O5S. The Bertz CT molecular complexity index is 925. The highest BCUT2D eigenvalue weighted by molar-refractivity contribution is 7.89. The van der Waals surface area contributed by atoms with Crippen molar-refractivity contribution in [1.29, 1.82) is 0 Å². The van der Waals surface area contributed by atoms with E-state index in [9.17, 15) is 18.3 Å². The summed E-state index contributed by atoms with van der Waals surface area (Å²) in [6, 6.07) is 13.5. The van der Waals surface area contributed by atoms with E-state index >= 15 is 0 Å². The Morgan fingerprint density at radius 3 is 2.64 bits per heavy atom. The molecule has 1 fully saturated rings. The predicted molar refractivity (Wildman–Crippen MR) is 106 cm³/mol. The van der Waals surface area contributed by atoms with Gasteiger partial charge in [-0.1, -0.05) is 30.3 Å². The van der Waals surface area contributed by atoms with Crippen LogP contribution in [0.3, 0.4) is 0 Å². The van der Waals surface area contributed by atoms with Crippen molar-refractivity contribution in [2.24, 2.45) is 0 Å². The number of ether oxygens (including phenoxy) is 1. The lowest BCUT2D eigenvalue weighted by atomic mass is 10.1. The summed E-state index contributed by atoms with van der Waals surface area (Å²) in [6.45, 7) is 2.72. The highest BCUT2D eigenvalue weighted by atomic mass is 32.2. The van der Waals surface area contributed by atoms with Crippen LogP contribution in [-0.4, -0.2) is 38.7 Å². The molecule has 150 valence electrons. The maximum atomic E-state index is 12.5. The molecule has 1 aliphatic rings. The quantitative estimate of drug-likeness (QED) is 0.625. The molecule has 1 heterocycles. The van der Waals surface area contributed by atoms with Gasteiger partial charge in [-0.2, -0.15) is 0 Å². The summed E-state index contributed by atoms with van der Waals surface area (Å²) in [7, 11) is -3.82. The topological polar surface area (TPSA) is 105 Å². The second-order valence-electron chi connectivity index (χ2n) is 6.78. The molecule has 3 N–H and O–H groups in total. The third kappa shape index (κ3) is 4.89. The van der Waals surface area contributed by atoms with E-state index in [4.69, 9.17) is 4.74 Å². The van der Waals surface area contributed by atoms with Crippen molar-refractivity contribution in [3.05, 3.63) is 59.7 Å². The van der Waals surface area contributed by atoms with Crippen molar-refractivity contribution >= 4 is 21.7 Å². The molecule has 3 rings (SSSR count). The largest absolute Gasteiger partial charge is 0.478 e. The summed E-state index contributed by atoms with van der Waals surface area (Å²) in [5.41, 5.74) is 1.26. The van der Waals surface area contributed by atoms with E-state index in [1.165, 1.54) is 18.2 Å². The molecule has 0 aromatic heterocycles. The molecule has 0 amide bonds. The summed E-state index contributed by atoms with van der Waals surface area (Å²) >= 11 is 0. The molecule has 0 aliphatic carbocycles. The second-order valence-corrected chi connectivity index (χ2v) is 8.54. The standard InChI is InChI=1S/C20H24N2O5S/c1-14(15-6-3-2-4-7-15)22-19-10-9-17(12-18(19)20(23)24)28(25,26)21-13-16-8-5-11-27-16/h2-4,6-7,9-10,12,14,16,21-22H,5,8,11,13H2,1H3,(H,23,24)/t14-,16+/m1/s1. The molecule has 7 nitrogen and oxygen atoms in total. The Labute approximate surface area is 164 Å². The van der Waals surface area contributed by atoms with E-state index in [1.54, 1.807) is 0 Å². The molecule has 28 heavy (non-hydrogen) atoms. The predicted octanol–water partition coefficient (Wildman–Crippen LogP) is 3.02. The second kappa shape index (κ2) is 8.72. The van der Waals surface area contributed by atoms with E-state index < -0.39 is 16.0 Å². The zero-order valence-corrected chi connectivity index (χ0v) is 16.4. The zero-order chi connectivity index (χ0) is 20.1. The van der Waals surface area contributed by atoms with Crippen LogP contribution < -0.4 is 10.0 Å². The number of benzene rings is 2. The lowest BCUT2D eigenvalue weighted by Gasteiger charge is -2.18. The first kappa shape index (κ1) is 20.3. The van der Waals surface area contributed by atoms with Gasteiger partial charge in [0.05, 0.1) is 16.6 Å². The highest BCUT2D eigenvalue weighted by Gasteiger charge is 2.22. The van der Waals surface area contributed by atoms with Gasteiger partial charge in [0.25, 0.3) is 0 Å². The Hall–Kier alpha value is -2.42. The van der Waals surface area contributed by atoms with Crippen molar-refractivity contribution in [1.82, 2.24) is 4.72 Å². The summed E-state index contributed by atoms with van der Waals surface area (Å²) in [6.07, 6.45) is 1.58. The fourth-order valence-electron chi connectivity index (χ4n) is 3.14. The molecular weight excluding hydrogens is 380 g/mol. The molecule has 0 saturated carbocycles. The van der Waals surface area contributed by atoms with Crippen molar-refractivity contribution in [3.8, 4) is 0 Å². The Morgan fingerprint density at radius 1 is 1.25 bits per heavy atom. The van der Waals surface area contributed by atoms with E-state index in [1.807, 2.05) is 37.3 Å². The lowest BCUT2D eigenvalue weighted by molar-refractivity contribution is 0.0697. The van der Waals surface area contributed by atoms with Gasteiger partial charge in [-0.25, -0.2) is 17.9 Å². The Kier molecular flexibility index (Phi) is 6.33. The number of nitrogens with one attached hydrogen (secondary N) is 2. The van der Waals surface area contributed by atoms with E-state index in [0.29, 0.717) is 12.3 Å². The monoisotopic (exact) mass is 404 g/mol. The highest BCUT2D eigenvalue weighted by Crippen LogP contribution is 2.25. The zero-order valence-electron chi connectivity index (χ0n) is 15.6. The van der Waals surface area contributed by atoms with Gasteiger partial charge in [0.2, 0.25) is 10.0 Å². The molecule has 1 aliphatic heterocycles. The van der Waals surface area contributed by atoms with Gasteiger partial charge in [0, 0.05) is 24.9 Å². The number of aromatic carboxylic acids is 1. The summed E-state index contributed by atoms with van der Waals surface area (Å²) in [4.78, 5) is 11.6. The Morgan fingerprint density at radius 2 is 2.00 bits per heavy atom. The van der Waals surface area contributed by atoms with E-state index in [-0.39, 0.29) is 29.1 Å². The van der Waals surface area contributed by atoms with Gasteiger partial charge in [-0.3, -0.25) is 0 Å². The Balaban J connectivity index is 1.79. The van der Waals surface area contributed by atoms with Gasteiger partial charge in [0.1, 0.15) is 0 Å². The van der Waals surface area contributed by atoms with Crippen molar-refractivity contribution < 1.29 is 23.1 Å². The molecule has 0 bridgehead atoms. The van der Waals surface area contributed by atoms with E-state index in [0.717, 1.165) is 18.4 Å². The van der Waals surface area contributed by atoms with Crippen LogP contribution in [0, 0.1) is 0 Å². The van der Waals surface area contributed by atoms with E-state index in [2.05, 4.69) is 10.0 Å². The average molecular weight is 404 g/mol. The van der Waals surface area contributed by atoms with Crippen LogP contribution in [0.4, 0.5) is 5.69 Å². The van der Waals surface area contributed by atoms with Crippen LogP contribution in [0.1, 0.15) is 41.7 Å². The fraction of sp³-hybridized carbons (Fsp3) is 0.350. The smallest absolute Gasteiger partial charge is 0.337 e. The molecule has 0 radical (unpaired) electrons. The molecule has 0 spiro atoms. The average Bonchev–Trinajstić information content (AvgIpc) is 3.21. The van der Waals surface area contributed by atoms with Gasteiger partial charge in [-0.05, 0) is 43.5 Å². The third-order valence-electron chi connectivity index (χ3n) is 4.73. The first-order valence-corrected chi connectivity index (χ1v) is 10.7. The minimum absolute atomic E-state index is 0.0826. The number of hydrogen-bond donors (Lipinski definition) is 3. The molecule has 1 saturated heterocycles. The van der Waals surface area contributed by atoms with Gasteiger partial charge in [-0.15, -0.1) is 0 Å². The fourth-order valence-corrected chi connectivity index (χ4v) is 4.24. The maximum Gasteiger partial charge on any atom is 0.337 e. The molecule has 0 unspecified atom stereocenters. The maximum absolute atomic E-state index is 12.5. The minimum Gasteiger partial charge on any atom is -0.478 e. The number of carboxylic acid groups (broad SMARTS) is 1. The van der Waals surface area contributed by atoms with Gasteiger partial charge >= 0.3 is 5.97 Å². The molecule has 2 atom stereocenters. The molecule has 2 aromatic rings. The van der Waals surface area contributed by atoms with Gasteiger partial charge < -0.3 is 15.2 Å². The van der Waals surface area contributed by atoms with Crippen LogP contribution in [0.25, 0.3) is 0 Å². The van der Waals surface area contributed by atoms with Crippen molar-refractivity contribution in [2.45, 2.75) is 36.8 Å². The van der Waals surface area contributed by atoms with Crippen molar-refractivity contribution in [3.63, 3.8) is 0 Å². The first-order chi connectivity index (χ1) is 13.4. The number of anilines is 1. The number of carboxylic acids is 1. The third-order valence-corrected chi connectivity index (χ3v) is 6.15. The first-order valence-electron chi connectivity index (χ1n) is 9.17. The SMILES string of the molecule is C[C@@H](Nc1ccc(S(=O)(=O)NC[C@@H]2CCCO2)cc1C(=O)O)c1ccccc1. The molecule has 2 aromatic carbocycles. The number of hydrogen-bond acceptors (Lipinski definition) is 5.